The number of H-pyrrole nitrogens is 1. The smallest absolute Gasteiger partial charge is 0.328 e. The number of carbonyl (C=O) groups is 4. The average molecular weight is 584 g/mol. The van der Waals surface area contributed by atoms with Gasteiger partial charge in [0.1, 0.15) is 47.6 Å². The second-order valence-corrected chi connectivity index (χ2v) is 10.1. The summed E-state index contributed by atoms with van der Waals surface area (Å²) in [7, 11) is 1.57. The third-order valence-electron chi connectivity index (χ3n) is 6.38. The van der Waals surface area contributed by atoms with Crippen molar-refractivity contribution < 1.29 is 33.8 Å². The van der Waals surface area contributed by atoms with E-state index in [1.54, 1.807) is 73.8 Å². The summed E-state index contributed by atoms with van der Waals surface area (Å²) in [4.78, 5) is 54.7. The van der Waals surface area contributed by atoms with Crippen molar-refractivity contribution in [3.8, 4) is 23.3 Å². The second-order valence-electron chi connectivity index (χ2n) is 10.1. The highest BCUT2D eigenvalue weighted by molar-refractivity contribution is 6.03. The molecule has 0 aliphatic heterocycles. The van der Waals surface area contributed by atoms with Crippen LogP contribution in [0.15, 0.2) is 72.8 Å². The van der Waals surface area contributed by atoms with Crippen LogP contribution >= 0.6 is 0 Å². The molecule has 0 atom stereocenters. The predicted octanol–water partition coefficient (Wildman–Crippen LogP) is 3.90. The molecule has 0 spiro atoms. The highest BCUT2D eigenvalue weighted by Gasteiger charge is 2.31. The van der Waals surface area contributed by atoms with E-state index in [9.17, 15) is 29.5 Å². The van der Waals surface area contributed by atoms with Crippen LogP contribution < -0.4 is 20.1 Å². The van der Waals surface area contributed by atoms with Crippen LogP contribution in [0.1, 0.15) is 29.9 Å². The van der Waals surface area contributed by atoms with E-state index in [4.69, 9.17) is 9.47 Å². The Morgan fingerprint density at radius 3 is 2.14 bits per heavy atom. The fraction of sp³-hybridized carbons (Fsp3) is 0.194. The van der Waals surface area contributed by atoms with Gasteiger partial charge in [-0.05, 0) is 74.5 Å². The van der Waals surface area contributed by atoms with Crippen LogP contribution in [-0.2, 0) is 14.4 Å². The van der Waals surface area contributed by atoms with E-state index in [1.165, 1.54) is 19.9 Å². The van der Waals surface area contributed by atoms with E-state index >= 15 is 0 Å². The maximum Gasteiger partial charge on any atom is 0.328 e. The second kappa shape index (κ2) is 12.8. The Hall–Kier alpha value is -5.83. The Morgan fingerprint density at radius 1 is 0.930 bits per heavy atom. The molecule has 220 valence electrons. The quantitative estimate of drug-likeness (QED) is 0.206. The fourth-order valence-corrected chi connectivity index (χ4v) is 4.11. The van der Waals surface area contributed by atoms with Crippen molar-refractivity contribution in [3.63, 3.8) is 0 Å². The molecule has 0 unspecified atom stereocenters. The van der Waals surface area contributed by atoms with E-state index < -0.39 is 42.3 Å². The molecule has 0 bridgehead atoms. The van der Waals surface area contributed by atoms with Crippen LogP contribution in [0.3, 0.4) is 0 Å². The van der Waals surface area contributed by atoms with Crippen molar-refractivity contribution >= 4 is 40.3 Å². The fourth-order valence-electron chi connectivity index (χ4n) is 4.11. The van der Waals surface area contributed by atoms with Crippen molar-refractivity contribution in [1.82, 2.24) is 15.2 Å². The van der Waals surface area contributed by atoms with E-state index in [-0.39, 0.29) is 5.69 Å². The van der Waals surface area contributed by atoms with E-state index in [0.717, 1.165) is 4.90 Å². The van der Waals surface area contributed by atoms with Crippen LogP contribution in [-0.4, -0.2) is 64.4 Å². The maximum atomic E-state index is 13.5. The molecular weight excluding hydrogens is 554 g/mol. The first-order chi connectivity index (χ1) is 20.5. The Kier molecular flexibility index (Phi) is 8.96. The minimum atomic E-state index is -1.60. The summed E-state index contributed by atoms with van der Waals surface area (Å²) in [6, 6.07) is 22.1. The summed E-state index contributed by atoms with van der Waals surface area (Å²) in [6.45, 7) is 1.48. The molecule has 4 N–H and O–H groups in total. The summed E-state index contributed by atoms with van der Waals surface area (Å²) in [5.74, 6) is -1.53. The number of aromatic nitrogens is 1. The highest BCUT2D eigenvalue weighted by Crippen LogP contribution is 2.25. The van der Waals surface area contributed by atoms with Gasteiger partial charge in [-0.1, -0.05) is 12.1 Å². The average Bonchev–Trinajstić information content (AvgIpc) is 3.42. The molecule has 43 heavy (non-hydrogen) atoms. The number of amides is 3. The maximum absolute atomic E-state index is 13.5. The van der Waals surface area contributed by atoms with E-state index in [1.807, 2.05) is 6.07 Å². The van der Waals surface area contributed by atoms with Crippen LogP contribution in [0.4, 0.5) is 5.69 Å². The molecule has 0 saturated heterocycles. The largest absolute Gasteiger partial charge is 0.497 e. The number of ether oxygens (including phenoxy) is 2. The van der Waals surface area contributed by atoms with Gasteiger partial charge < -0.3 is 35.1 Å². The zero-order valence-corrected chi connectivity index (χ0v) is 23.6. The van der Waals surface area contributed by atoms with Gasteiger partial charge in [0.2, 0.25) is 11.8 Å². The minimum absolute atomic E-state index is 0.0517. The Morgan fingerprint density at radius 2 is 1.53 bits per heavy atom. The number of rotatable bonds is 11. The molecule has 0 saturated carbocycles. The van der Waals surface area contributed by atoms with Crippen molar-refractivity contribution in [2.24, 2.45) is 0 Å². The van der Waals surface area contributed by atoms with Crippen molar-refractivity contribution in [2.45, 2.75) is 19.4 Å². The highest BCUT2D eigenvalue weighted by atomic mass is 16.5. The van der Waals surface area contributed by atoms with Gasteiger partial charge in [0.15, 0.2) is 0 Å². The van der Waals surface area contributed by atoms with Crippen LogP contribution in [0.25, 0.3) is 10.9 Å². The molecule has 0 fully saturated rings. The lowest BCUT2D eigenvalue weighted by Gasteiger charge is -2.25. The molecule has 1 aromatic heterocycles. The van der Waals surface area contributed by atoms with Crippen LogP contribution in [0.5, 0.6) is 17.2 Å². The summed E-state index contributed by atoms with van der Waals surface area (Å²) in [6.07, 6.45) is 0. The lowest BCUT2D eigenvalue weighted by Crippen LogP contribution is -2.53. The van der Waals surface area contributed by atoms with Gasteiger partial charge in [0, 0.05) is 11.1 Å². The number of hydrogen-bond acceptors (Lipinski definition) is 7. The zero-order valence-electron chi connectivity index (χ0n) is 23.6. The number of para-hydroxylation sites is 1. The SMILES string of the molecule is COc1ccc(Oc2ccc(NC(=O)CN(CC(=O)NC(C)(C)C(=O)O)C(=O)c3cc4cccc(C#N)c4[nH]3)cc2)cc1. The summed E-state index contributed by atoms with van der Waals surface area (Å²) in [5, 5.41) is 24.4. The number of fused-ring (bicyclic) bond motifs is 1. The Labute approximate surface area is 246 Å². The number of aromatic amines is 1. The number of carboxylic acids is 1. The van der Waals surface area contributed by atoms with Gasteiger partial charge in [-0.15, -0.1) is 0 Å². The molecule has 3 aromatic carbocycles. The number of nitrogens with one attached hydrogen (secondary N) is 3. The van der Waals surface area contributed by atoms with Gasteiger partial charge in [0.25, 0.3) is 5.91 Å². The molecule has 0 aliphatic rings. The number of nitriles is 1. The topological polar surface area (TPSA) is 174 Å². The Bertz CT molecular complexity index is 1700. The number of anilines is 1. The predicted molar refractivity (Wildman–Crippen MR) is 157 cm³/mol. The van der Waals surface area contributed by atoms with Crippen molar-refractivity contribution in [1.29, 1.82) is 5.26 Å². The molecule has 12 nitrogen and oxygen atoms in total. The molecule has 0 aliphatic carbocycles. The number of carbonyl (C=O) groups excluding carboxylic acids is 3. The molecular formula is C31H29N5O7. The lowest BCUT2D eigenvalue weighted by atomic mass is 10.1. The first-order valence-electron chi connectivity index (χ1n) is 13.1. The van der Waals surface area contributed by atoms with Gasteiger partial charge >= 0.3 is 5.97 Å². The zero-order chi connectivity index (χ0) is 31.1. The van der Waals surface area contributed by atoms with Crippen molar-refractivity contribution in [3.05, 3.63) is 84.1 Å². The molecule has 1 heterocycles. The first kappa shape index (κ1) is 30.1. The number of carboxylic acid groups (broad SMARTS) is 1. The van der Waals surface area contributed by atoms with Crippen LogP contribution in [0.2, 0.25) is 0 Å². The lowest BCUT2D eigenvalue weighted by molar-refractivity contribution is -0.146. The van der Waals surface area contributed by atoms with Crippen molar-refractivity contribution in [2.75, 3.05) is 25.5 Å². The van der Waals surface area contributed by atoms with Gasteiger partial charge in [-0.2, -0.15) is 5.26 Å². The van der Waals surface area contributed by atoms with Crippen LogP contribution in [0, 0.1) is 11.3 Å². The first-order valence-corrected chi connectivity index (χ1v) is 13.1. The molecule has 3 amide bonds. The van der Waals surface area contributed by atoms with E-state index in [2.05, 4.69) is 15.6 Å². The van der Waals surface area contributed by atoms with Gasteiger partial charge in [0.05, 0.1) is 18.2 Å². The number of nitrogens with zero attached hydrogens (tertiary/aromatic N) is 2. The number of hydrogen-bond donors (Lipinski definition) is 4. The molecule has 0 radical (unpaired) electrons. The molecule has 4 aromatic rings. The molecule has 12 heteroatoms. The number of aliphatic carboxylic acids is 1. The minimum Gasteiger partial charge on any atom is -0.497 e. The number of methoxy groups -OCH3 is 1. The summed E-state index contributed by atoms with van der Waals surface area (Å²) >= 11 is 0. The van der Waals surface area contributed by atoms with Gasteiger partial charge in [-0.25, -0.2) is 4.79 Å². The normalized spacial score (nSPS) is 10.8. The summed E-state index contributed by atoms with van der Waals surface area (Å²) in [5.41, 5.74) is -0.379. The summed E-state index contributed by atoms with van der Waals surface area (Å²) < 4.78 is 10.9. The standard InChI is InChI=1S/C31H29N5O7/c1-31(2,30(40)41)35-27(38)18-36(29(39)25-15-19-5-4-6-20(16-32)28(19)34-25)17-26(37)33-21-7-9-23(10-8-21)43-24-13-11-22(42-3)12-14-24/h4-15,34H,17-18H2,1-3H3,(H,33,37)(H,35,38)(H,40,41). The monoisotopic (exact) mass is 583 g/mol. The van der Waals surface area contributed by atoms with Gasteiger partial charge in [-0.3, -0.25) is 14.4 Å². The third-order valence-corrected chi connectivity index (χ3v) is 6.38. The molecule has 4 rings (SSSR count). The third kappa shape index (κ3) is 7.47. The number of benzene rings is 3. The van der Waals surface area contributed by atoms with E-state index in [0.29, 0.717) is 39.4 Å². The Balaban J connectivity index is 1.49.